The highest BCUT2D eigenvalue weighted by molar-refractivity contribution is 4.82. The lowest BCUT2D eigenvalue weighted by Crippen LogP contribution is -2.51. The smallest absolute Gasteiger partial charge is 0.0702 e. The SMILES string of the molecule is CCOC1CCCN(C(CC)CNC(C)(C)C)C1. The molecule has 0 bridgehead atoms. The first-order valence-electron chi connectivity index (χ1n) is 7.57. The van der Waals surface area contributed by atoms with Gasteiger partial charge < -0.3 is 10.1 Å². The fourth-order valence-electron chi connectivity index (χ4n) is 2.63. The van der Waals surface area contributed by atoms with Crippen LogP contribution in [0.2, 0.25) is 0 Å². The predicted octanol–water partition coefficient (Wildman–Crippen LogP) is 2.65. The van der Waals surface area contributed by atoms with Crippen molar-refractivity contribution in [2.45, 2.75) is 71.6 Å². The highest BCUT2D eigenvalue weighted by Gasteiger charge is 2.25. The van der Waals surface area contributed by atoms with Gasteiger partial charge >= 0.3 is 0 Å². The molecule has 3 nitrogen and oxygen atoms in total. The van der Waals surface area contributed by atoms with Crippen LogP contribution >= 0.6 is 0 Å². The molecule has 18 heavy (non-hydrogen) atoms. The number of ether oxygens (including phenoxy) is 1. The maximum absolute atomic E-state index is 5.79. The minimum absolute atomic E-state index is 0.211. The van der Waals surface area contributed by atoms with Crippen LogP contribution in [0.1, 0.15) is 53.9 Å². The maximum atomic E-state index is 5.79. The van der Waals surface area contributed by atoms with Crippen LogP contribution in [0.5, 0.6) is 0 Å². The zero-order chi connectivity index (χ0) is 13.6. The average Bonchev–Trinajstić information content (AvgIpc) is 2.29. The second-order valence-electron chi connectivity index (χ2n) is 6.41. The van der Waals surface area contributed by atoms with Gasteiger partial charge in [0.1, 0.15) is 0 Å². The summed E-state index contributed by atoms with van der Waals surface area (Å²) in [6.07, 6.45) is 4.17. The number of hydrogen-bond acceptors (Lipinski definition) is 3. The Labute approximate surface area is 113 Å². The Hall–Kier alpha value is -0.120. The molecular formula is C15H32N2O. The molecule has 1 aliphatic heterocycles. The number of nitrogens with zero attached hydrogens (tertiary/aromatic N) is 1. The number of likely N-dealkylation sites (tertiary alicyclic amines) is 1. The molecular weight excluding hydrogens is 224 g/mol. The third-order valence-electron chi connectivity index (χ3n) is 3.67. The van der Waals surface area contributed by atoms with Crippen molar-refractivity contribution < 1.29 is 4.74 Å². The van der Waals surface area contributed by atoms with Gasteiger partial charge in [-0.3, -0.25) is 4.90 Å². The van der Waals surface area contributed by atoms with Gasteiger partial charge in [0.15, 0.2) is 0 Å². The van der Waals surface area contributed by atoms with E-state index in [1.165, 1.54) is 25.8 Å². The molecule has 0 saturated carbocycles. The predicted molar refractivity (Wildman–Crippen MR) is 78.1 cm³/mol. The fraction of sp³-hybridized carbons (Fsp3) is 1.00. The number of nitrogens with one attached hydrogen (secondary N) is 1. The quantitative estimate of drug-likeness (QED) is 0.791. The molecule has 2 unspecified atom stereocenters. The second kappa shape index (κ2) is 7.46. The maximum Gasteiger partial charge on any atom is 0.0702 e. The fourth-order valence-corrected chi connectivity index (χ4v) is 2.63. The van der Waals surface area contributed by atoms with Crippen molar-refractivity contribution in [3.8, 4) is 0 Å². The summed E-state index contributed by atoms with van der Waals surface area (Å²) in [7, 11) is 0. The van der Waals surface area contributed by atoms with E-state index in [-0.39, 0.29) is 5.54 Å². The molecule has 1 fully saturated rings. The molecule has 108 valence electrons. The molecule has 1 aliphatic rings. The average molecular weight is 256 g/mol. The van der Waals surface area contributed by atoms with Gasteiger partial charge in [0, 0.05) is 31.3 Å². The Bertz CT molecular complexity index is 223. The van der Waals surface area contributed by atoms with Crippen LogP contribution < -0.4 is 5.32 Å². The van der Waals surface area contributed by atoms with Gasteiger partial charge in [-0.15, -0.1) is 0 Å². The Morgan fingerprint density at radius 2 is 2.06 bits per heavy atom. The van der Waals surface area contributed by atoms with E-state index in [1.807, 2.05) is 0 Å². The molecule has 1 heterocycles. The van der Waals surface area contributed by atoms with Crippen LogP contribution in [-0.2, 0) is 4.74 Å². The van der Waals surface area contributed by atoms with Gasteiger partial charge in [-0.1, -0.05) is 6.92 Å². The minimum atomic E-state index is 0.211. The molecule has 0 spiro atoms. The Kier molecular flexibility index (Phi) is 6.61. The molecule has 0 aromatic carbocycles. The van der Waals surface area contributed by atoms with E-state index >= 15 is 0 Å². The van der Waals surface area contributed by atoms with E-state index in [9.17, 15) is 0 Å². The van der Waals surface area contributed by atoms with Crippen LogP contribution in [-0.4, -0.2) is 48.8 Å². The van der Waals surface area contributed by atoms with Crippen LogP contribution in [0.4, 0.5) is 0 Å². The summed E-state index contributed by atoms with van der Waals surface area (Å²) < 4.78 is 5.79. The van der Waals surface area contributed by atoms with Crippen LogP contribution in [0.25, 0.3) is 0 Å². The standard InChI is InChI=1S/C15H32N2O/c1-6-13(11-16-15(3,4)5)17-10-8-9-14(12-17)18-7-2/h13-14,16H,6-12H2,1-5H3. The number of rotatable bonds is 6. The first kappa shape index (κ1) is 15.9. The molecule has 0 aliphatic carbocycles. The van der Waals surface area contributed by atoms with E-state index in [2.05, 4.69) is 44.8 Å². The number of piperidine rings is 1. The highest BCUT2D eigenvalue weighted by atomic mass is 16.5. The van der Waals surface area contributed by atoms with Crippen molar-refractivity contribution in [2.75, 3.05) is 26.2 Å². The third kappa shape index (κ3) is 5.68. The molecule has 2 atom stereocenters. The summed E-state index contributed by atoms with van der Waals surface area (Å²) in [6, 6.07) is 0.646. The van der Waals surface area contributed by atoms with Gasteiger partial charge in [0.25, 0.3) is 0 Å². The van der Waals surface area contributed by atoms with Crippen LogP contribution in [0.15, 0.2) is 0 Å². The van der Waals surface area contributed by atoms with Crippen LogP contribution in [0, 0.1) is 0 Å². The summed E-state index contributed by atoms with van der Waals surface area (Å²) in [5, 5.41) is 3.63. The molecule has 1 saturated heterocycles. The lowest BCUT2D eigenvalue weighted by atomic mass is 10.0. The van der Waals surface area contributed by atoms with Gasteiger partial charge in [0.2, 0.25) is 0 Å². The summed E-state index contributed by atoms with van der Waals surface area (Å²) in [5.74, 6) is 0. The molecule has 0 aromatic heterocycles. The molecule has 1 rings (SSSR count). The lowest BCUT2D eigenvalue weighted by Gasteiger charge is -2.39. The zero-order valence-corrected chi connectivity index (χ0v) is 13.0. The summed E-state index contributed by atoms with van der Waals surface area (Å²) in [6.45, 7) is 15.4. The Morgan fingerprint density at radius 3 is 2.61 bits per heavy atom. The minimum Gasteiger partial charge on any atom is -0.377 e. The van der Waals surface area contributed by atoms with Gasteiger partial charge in [0.05, 0.1) is 6.10 Å². The normalized spacial score (nSPS) is 24.2. The molecule has 0 amide bonds. The summed E-state index contributed by atoms with van der Waals surface area (Å²) >= 11 is 0. The van der Waals surface area contributed by atoms with Crippen molar-refractivity contribution in [3.05, 3.63) is 0 Å². The summed E-state index contributed by atoms with van der Waals surface area (Å²) in [4.78, 5) is 2.61. The van der Waals surface area contributed by atoms with E-state index in [4.69, 9.17) is 4.74 Å². The largest absolute Gasteiger partial charge is 0.377 e. The zero-order valence-electron chi connectivity index (χ0n) is 13.0. The first-order chi connectivity index (χ1) is 8.46. The topological polar surface area (TPSA) is 24.5 Å². The third-order valence-corrected chi connectivity index (χ3v) is 3.67. The molecule has 0 radical (unpaired) electrons. The summed E-state index contributed by atoms with van der Waals surface area (Å²) in [5.41, 5.74) is 0.211. The van der Waals surface area contributed by atoms with Crippen molar-refractivity contribution >= 4 is 0 Å². The Balaban J connectivity index is 2.43. The highest BCUT2D eigenvalue weighted by Crippen LogP contribution is 2.17. The van der Waals surface area contributed by atoms with Gasteiger partial charge in [-0.05, 0) is 53.5 Å². The van der Waals surface area contributed by atoms with Crippen molar-refractivity contribution in [1.82, 2.24) is 10.2 Å². The van der Waals surface area contributed by atoms with Crippen LogP contribution in [0.3, 0.4) is 0 Å². The van der Waals surface area contributed by atoms with Crippen molar-refractivity contribution in [3.63, 3.8) is 0 Å². The van der Waals surface area contributed by atoms with E-state index < -0.39 is 0 Å². The van der Waals surface area contributed by atoms with Crippen molar-refractivity contribution in [2.24, 2.45) is 0 Å². The van der Waals surface area contributed by atoms with Crippen molar-refractivity contribution in [1.29, 1.82) is 0 Å². The van der Waals surface area contributed by atoms with E-state index in [0.29, 0.717) is 12.1 Å². The molecule has 0 aromatic rings. The van der Waals surface area contributed by atoms with Gasteiger partial charge in [-0.2, -0.15) is 0 Å². The number of hydrogen-bond donors (Lipinski definition) is 1. The first-order valence-corrected chi connectivity index (χ1v) is 7.57. The van der Waals surface area contributed by atoms with E-state index in [1.54, 1.807) is 0 Å². The monoisotopic (exact) mass is 256 g/mol. The molecule has 3 heteroatoms. The lowest BCUT2D eigenvalue weighted by molar-refractivity contribution is -0.00834. The molecule has 1 N–H and O–H groups in total. The second-order valence-corrected chi connectivity index (χ2v) is 6.41. The Morgan fingerprint density at radius 1 is 1.33 bits per heavy atom. The van der Waals surface area contributed by atoms with Gasteiger partial charge in [-0.25, -0.2) is 0 Å². The van der Waals surface area contributed by atoms with E-state index in [0.717, 1.165) is 19.7 Å².